The number of amides is 1. The van der Waals surface area contributed by atoms with Crippen molar-refractivity contribution in [2.45, 2.75) is 33.0 Å². The van der Waals surface area contributed by atoms with Crippen LogP contribution in [0.15, 0.2) is 72.8 Å². The number of ether oxygens (including phenoxy) is 2. The maximum absolute atomic E-state index is 13.1. The average Bonchev–Trinajstić information content (AvgIpc) is 2.81. The summed E-state index contributed by atoms with van der Waals surface area (Å²) in [5.41, 5.74) is 3.18. The van der Waals surface area contributed by atoms with E-state index in [0.29, 0.717) is 5.69 Å². The molecular weight excluding hydrogens is 450 g/mol. The molecule has 180 valence electrons. The third kappa shape index (κ3) is 6.77. The third-order valence-corrected chi connectivity index (χ3v) is 5.10. The third-order valence-electron chi connectivity index (χ3n) is 5.10. The first-order valence-electron chi connectivity index (χ1n) is 10.8. The fourth-order valence-electron chi connectivity index (χ4n) is 3.18. The van der Waals surface area contributed by atoms with Crippen molar-refractivity contribution in [2.75, 3.05) is 5.32 Å². The van der Waals surface area contributed by atoms with Crippen molar-refractivity contribution in [3.05, 3.63) is 101 Å². The lowest BCUT2D eigenvalue weighted by atomic mass is 10.1. The number of benzene rings is 3. The molecule has 2 atom stereocenters. The zero-order chi connectivity index (χ0) is 25.5. The Labute approximate surface area is 202 Å². The number of anilines is 1. The van der Waals surface area contributed by atoms with Gasteiger partial charge in [-0.15, -0.1) is 0 Å². The second-order valence-electron chi connectivity index (χ2n) is 8.08. The van der Waals surface area contributed by atoms with Crippen LogP contribution in [-0.2, 0) is 19.1 Å². The number of carbonyl (C=O) groups is 4. The van der Waals surface area contributed by atoms with Crippen molar-refractivity contribution in [3.8, 4) is 0 Å². The highest BCUT2D eigenvalue weighted by molar-refractivity contribution is 6.01. The molecule has 1 amide bonds. The maximum atomic E-state index is 13.1. The van der Waals surface area contributed by atoms with Crippen LogP contribution in [0.2, 0.25) is 0 Å². The molecule has 3 aromatic rings. The van der Waals surface area contributed by atoms with Crippen LogP contribution in [0, 0.1) is 20.8 Å². The predicted octanol–water partition coefficient (Wildman–Crippen LogP) is 4.09. The van der Waals surface area contributed by atoms with Crippen molar-refractivity contribution in [1.29, 1.82) is 0 Å². The van der Waals surface area contributed by atoms with Crippen LogP contribution in [0.5, 0.6) is 0 Å². The van der Waals surface area contributed by atoms with Gasteiger partial charge in [0.1, 0.15) is 0 Å². The van der Waals surface area contributed by atoms with E-state index >= 15 is 0 Å². The van der Waals surface area contributed by atoms with E-state index < -0.39 is 36.0 Å². The fourth-order valence-corrected chi connectivity index (χ4v) is 3.18. The summed E-state index contributed by atoms with van der Waals surface area (Å²) in [4.78, 5) is 50.6. The van der Waals surface area contributed by atoms with Crippen molar-refractivity contribution < 1.29 is 33.8 Å². The van der Waals surface area contributed by atoms with Crippen LogP contribution >= 0.6 is 0 Å². The molecule has 0 bridgehead atoms. The van der Waals surface area contributed by atoms with Gasteiger partial charge in [-0.25, -0.2) is 14.4 Å². The van der Waals surface area contributed by atoms with Gasteiger partial charge < -0.3 is 19.9 Å². The van der Waals surface area contributed by atoms with Crippen LogP contribution in [-0.4, -0.2) is 41.1 Å². The minimum atomic E-state index is -2.09. The van der Waals surface area contributed by atoms with Gasteiger partial charge >= 0.3 is 17.9 Å². The minimum absolute atomic E-state index is 0.0875. The second-order valence-corrected chi connectivity index (χ2v) is 8.08. The van der Waals surface area contributed by atoms with Crippen molar-refractivity contribution in [3.63, 3.8) is 0 Å². The number of aryl methyl sites for hydroxylation is 3. The molecule has 3 aromatic carbocycles. The molecule has 8 heteroatoms. The molecule has 2 N–H and O–H groups in total. The van der Waals surface area contributed by atoms with Crippen LogP contribution < -0.4 is 5.32 Å². The molecule has 0 heterocycles. The summed E-state index contributed by atoms with van der Waals surface area (Å²) >= 11 is 0. The molecular formula is C27H25NO7. The van der Waals surface area contributed by atoms with Crippen molar-refractivity contribution in [2.24, 2.45) is 0 Å². The summed E-state index contributed by atoms with van der Waals surface area (Å²) < 4.78 is 10.5. The van der Waals surface area contributed by atoms with Gasteiger partial charge in [-0.2, -0.15) is 0 Å². The lowest BCUT2D eigenvalue weighted by Crippen LogP contribution is -2.48. The summed E-state index contributed by atoms with van der Waals surface area (Å²) in [5, 5.41) is 12.3. The molecule has 0 radical (unpaired) electrons. The monoisotopic (exact) mass is 475 g/mol. The minimum Gasteiger partial charge on any atom is -0.478 e. The average molecular weight is 475 g/mol. The molecule has 0 saturated carbocycles. The lowest BCUT2D eigenvalue weighted by molar-refractivity contribution is -0.157. The largest absolute Gasteiger partial charge is 0.478 e. The number of rotatable bonds is 8. The van der Waals surface area contributed by atoms with Gasteiger partial charge in [0.05, 0.1) is 11.1 Å². The highest BCUT2D eigenvalue weighted by atomic mass is 16.6. The number of carboxylic acid groups (broad SMARTS) is 1. The van der Waals surface area contributed by atoms with Crippen LogP contribution in [0.25, 0.3) is 0 Å². The molecule has 2 unspecified atom stereocenters. The molecule has 0 aliphatic carbocycles. The van der Waals surface area contributed by atoms with Gasteiger partial charge in [0, 0.05) is 5.69 Å². The molecule has 0 aromatic heterocycles. The summed E-state index contributed by atoms with van der Waals surface area (Å²) in [5.74, 6) is -4.52. The first kappa shape index (κ1) is 25.2. The van der Waals surface area contributed by atoms with E-state index in [1.807, 2.05) is 26.8 Å². The Balaban J connectivity index is 1.90. The highest BCUT2D eigenvalue weighted by Crippen LogP contribution is 2.17. The SMILES string of the molecule is Cc1ccc(C(=O)OC(C(=O)O)C(OC(=O)c2ccc(C)cc2)C(=O)Nc2cccc(C)c2)cc1. The van der Waals surface area contributed by atoms with Crippen LogP contribution in [0.4, 0.5) is 5.69 Å². The van der Waals surface area contributed by atoms with E-state index in [0.717, 1.165) is 16.7 Å². The van der Waals surface area contributed by atoms with Crippen molar-refractivity contribution in [1.82, 2.24) is 0 Å². The van der Waals surface area contributed by atoms with E-state index in [4.69, 9.17) is 9.47 Å². The number of aliphatic carboxylic acids is 1. The molecule has 8 nitrogen and oxygen atoms in total. The second kappa shape index (κ2) is 11.1. The van der Waals surface area contributed by atoms with Crippen LogP contribution in [0.1, 0.15) is 37.4 Å². The summed E-state index contributed by atoms with van der Waals surface area (Å²) in [6.07, 6.45) is -4.06. The number of esters is 2. The van der Waals surface area contributed by atoms with Crippen molar-refractivity contribution >= 4 is 29.5 Å². The Morgan fingerprint density at radius 3 is 1.63 bits per heavy atom. The summed E-state index contributed by atoms with van der Waals surface area (Å²) in [7, 11) is 0. The Kier molecular flexibility index (Phi) is 7.99. The van der Waals surface area contributed by atoms with E-state index in [9.17, 15) is 24.3 Å². The molecule has 0 aliphatic heterocycles. The first-order valence-corrected chi connectivity index (χ1v) is 10.8. The molecule has 0 saturated heterocycles. The Hall–Kier alpha value is -4.46. The molecule has 35 heavy (non-hydrogen) atoms. The van der Waals surface area contributed by atoms with E-state index in [-0.39, 0.29) is 11.1 Å². The van der Waals surface area contributed by atoms with Gasteiger partial charge in [-0.3, -0.25) is 4.79 Å². The predicted molar refractivity (Wildman–Crippen MR) is 128 cm³/mol. The van der Waals surface area contributed by atoms with E-state index in [2.05, 4.69) is 5.32 Å². The Morgan fingerprint density at radius 1 is 0.686 bits per heavy atom. The fraction of sp³-hybridized carbons (Fsp3) is 0.185. The normalized spacial score (nSPS) is 12.2. The number of carboxylic acids is 1. The van der Waals surface area contributed by atoms with E-state index in [1.165, 1.54) is 24.3 Å². The molecule has 0 aliphatic rings. The smallest absolute Gasteiger partial charge is 0.349 e. The van der Waals surface area contributed by atoms with Gasteiger partial charge in [-0.1, -0.05) is 47.5 Å². The summed E-state index contributed by atoms with van der Waals surface area (Å²) in [6.45, 7) is 5.47. The van der Waals surface area contributed by atoms with Gasteiger partial charge in [0.15, 0.2) is 0 Å². The highest BCUT2D eigenvalue weighted by Gasteiger charge is 2.41. The topological polar surface area (TPSA) is 119 Å². The number of nitrogens with one attached hydrogen (secondary N) is 1. The Morgan fingerprint density at radius 2 is 1.17 bits per heavy atom. The lowest BCUT2D eigenvalue weighted by Gasteiger charge is -2.23. The zero-order valence-corrected chi connectivity index (χ0v) is 19.5. The van der Waals surface area contributed by atoms with Gasteiger partial charge in [0.25, 0.3) is 5.91 Å². The number of carbonyl (C=O) groups excluding carboxylic acids is 3. The molecule has 3 rings (SSSR count). The Bertz CT molecular complexity index is 1230. The standard InChI is InChI=1S/C27H25NO7/c1-16-7-11-19(12-8-16)26(32)34-22(24(29)28-21-6-4-5-18(3)15-21)23(25(30)31)35-27(33)20-13-9-17(2)10-14-20/h4-15,22-23H,1-3H3,(H,28,29)(H,30,31). The van der Waals surface area contributed by atoms with Crippen LogP contribution in [0.3, 0.4) is 0 Å². The number of hydrogen-bond acceptors (Lipinski definition) is 6. The molecule has 0 fully saturated rings. The van der Waals surface area contributed by atoms with Gasteiger partial charge in [0.2, 0.25) is 12.2 Å². The van der Waals surface area contributed by atoms with Gasteiger partial charge in [-0.05, 0) is 62.7 Å². The number of hydrogen-bond donors (Lipinski definition) is 2. The zero-order valence-electron chi connectivity index (χ0n) is 19.5. The maximum Gasteiger partial charge on any atom is 0.349 e. The molecule has 0 spiro atoms. The summed E-state index contributed by atoms with van der Waals surface area (Å²) in [6, 6.07) is 19.3. The quantitative estimate of drug-likeness (QED) is 0.471. The first-order chi connectivity index (χ1) is 16.6. The van der Waals surface area contributed by atoms with E-state index in [1.54, 1.807) is 42.5 Å².